The third-order valence-corrected chi connectivity index (χ3v) is 4.83. The van der Waals surface area contributed by atoms with Gasteiger partial charge in [0.25, 0.3) is 0 Å². The van der Waals surface area contributed by atoms with Gasteiger partial charge in [-0.1, -0.05) is 13.0 Å². The molecule has 0 spiro atoms. The topological polar surface area (TPSA) is 28.2 Å². The second-order valence-corrected chi connectivity index (χ2v) is 6.47. The second-order valence-electron chi connectivity index (χ2n) is 6.47. The van der Waals surface area contributed by atoms with Gasteiger partial charge in [-0.2, -0.15) is 0 Å². The minimum absolute atomic E-state index is 0.706. The van der Waals surface area contributed by atoms with Gasteiger partial charge in [0.15, 0.2) is 0 Å². The quantitative estimate of drug-likeness (QED) is 0.863. The van der Waals surface area contributed by atoms with E-state index >= 15 is 0 Å². The average molecular weight is 273 g/mol. The zero-order valence-corrected chi connectivity index (χ0v) is 12.8. The van der Waals surface area contributed by atoms with Gasteiger partial charge in [-0.05, 0) is 50.7 Å². The normalized spacial score (nSPS) is 27.1. The lowest BCUT2D eigenvalue weighted by molar-refractivity contribution is 0.187. The van der Waals surface area contributed by atoms with E-state index in [1.807, 2.05) is 6.20 Å². The number of hydrogen-bond donors (Lipinski definition) is 1. The summed E-state index contributed by atoms with van der Waals surface area (Å²) in [6.45, 7) is 6.63. The summed E-state index contributed by atoms with van der Waals surface area (Å²) in [6, 6.07) is 6.67. The molecule has 3 nitrogen and oxygen atoms in total. The van der Waals surface area contributed by atoms with Gasteiger partial charge in [0.05, 0.1) is 5.69 Å². The van der Waals surface area contributed by atoms with Crippen molar-refractivity contribution in [2.24, 2.45) is 0 Å². The Balaban J connectivity index is 1.56. The first-order chi connectivity index (χ1) is 9.76. The number of nitrogens with zero attached hydrogens (tertiary/aromatic N) is 2. The van der Waals surface area contributed by atoms with Gasteiger partial charge in [-0.3, -0.25) is 9.88 Å². The van der Waals surface area contributed by atoms with Crippen molar-refractivity contribution in [3.05, 3.63) is 29.6 Å². The number of aromatic nitrogens is 1. The molecule has 2 aliphatic rings. The molecule has 1 aliphatic heterocycles. The van der Waals surface area contributed by atoms with Crippen LogP contribution in [0.2, 0.25) is 0 Å². The zero-order chi connectivity index (χ0) is 13.9. The van der Waals surface area contributed by atoms with Crippen molar-refractivity contribution in [1.82, 2.24) is 15.2 Å². The standard InChI is InChI=1S/C17H27N3/c1-3-17-9-4-13(2)20(17)12-16-6-5-14(11-19-16)10-18-15-7-8-15/h5-6,11,13,15,17-18H,3-4,7-10,12H2,1-2H3. The molecule has 3 rings (SSSR count). The zero-order valence-electron chi connectivity index (χ0n) is 12.8. The molecule has 1 aromatic heterocycles. The molecule has 2 fully saturated rings. The van der Waals surface area contributed by atoms with Crippen LogP contribution < -0.4 is 5.32 Å². The molecule has 1 saturated carbocycles. The molecule has 1 aliphatic carbocycles. The lowest BCUT2D eigenvalue weighted by Gasteiger charge is -2.27. The number of likely N-dealkylation sites (tertiary alicyclic amines) is 1. The molecular formula is C17H27N3. The molecule has 2 unspecified atom stereocenters. The maximum absolute atomic E-state index is 4.66. The Morgan fingerprint density at radius 1 is 1.25 bits per heavy atom. The van der Waals surface area contributed by atoms with E-state index in [4.69, 9.17) is 0 Å². The van der Waals surface area contributed by atoms with Crippen molar-refractivity contribution in [2.75, 3.05) is 0 Å². The third-order valence-electron chi connectivity index (χ3n) is 4.83. The van der Waals surface area contributed by atoms with Gasteiger partial charge >= 0.3 is 0 Å². The molecule has 3 heteroatoms. The monoisotopic (exact) mass is 273 g/mol. The van der Waals surface area contributed by atoms with Crippen molar-refractivity contribution in [1.29, 1.82) is 0 Å². The first kappa shape index (κ1) is 14.0. The molecule has 0 aromatic carbocycles. The molecule has 0 amide bonds. The first-order valence-electron chi connectivity index (χ1n) is 8.19. The van der Waals surface area contributed by atoms with E-state index in [9.17, 15) is 0 Å². The highest BCUT2D eigenvalue weighted by atomic mass is 15.2. The lowest BCUT2D eigenvalue weighted by Crippen LogP contribution is -2.33. The molecule has 0 bridgehead atoms. The molecule has 1 N–H and O–H groups in total. The molecule has 0 radical (unpaired) electrons. The van der Waals surface area contributed by atoms with Crippen LogP contribution in [0.15, 0.2) is 18.3 Å². The van der Waals surface area contributed by atoms with Crippen LogP contribution in [0.25, 0.3) is 0 Å². The molecule has 2 atom stereocenters. The predicted molar refractivity (Wildman–Crippen MR) is 82.4 cm³/mol. The molecule has 20 heavy (non-hydrogen) atoms. The van der Waals surface area contributed by atoms with Crippen LogP contribution in [-0.4, -0.2) is 28.0 Å². The maximum atomic E-state index is 4.66. The van der Waals surface area contributed by atoms with Crippen LogP contribution in [-0.2, 0) is 13.1 Å². The smallest absolute Gasteiger partial charge is 0.0544 e. The maximum Gasteiger partial charge on any atom is 0.0544 e. The molecule has 2 heterocycles. The highest BCUT2D eigenvalue weighted by Gasteiger charge is 2.29. The van der Waals surface area contributed by atoms with E-state index in [0.717, 1.165) is 25.2 Å². The van der Waals surface area contributed by atoms with Crippen molar-refractivity contribution >= 4 is 0 Å². The van der Waals surface area contributed by atoms with Crippen molar-refractivity contribution < 1.29 is 0 Å². The fourth-order valence-electron chi connectivity index (χ4n) is 3.24. The van der Waals surface area contributed by atoms with Crippen molar-refractivity contribution in [3.63, 3.8) is 0 Å². The molecule has 1 aromatic rings. The van der Waals surface area contributed by atoms with Crippen LogP contribution in [0.4, 0.5) is 0 Å². The summed E-state index contributed by atoms with van der Waals surface area (Å²) in [5.74, 6) is 0. The van der Waals surface area contributed by atoms with E-state index < -0.39 is 0 Å². The lowest BCUT2D eigenvalue weighted by atomic mass is 10.1. The van der Waals surface area contributed by atoms with E-state index in [2.05, 4.69) is 41.2 Å². The summed E-state index contributed by atoms with van der Waals surface area (Å²) in [7, 11) is 0. The van der Waals surface area contributed by atoms with Crippen LogP contribution in [0.3, 0.4) is 0 Å². The van der Waals surface area contributed by atoms with Gasteiger partial charge in [-0.15, -0.1) is 0 Å². The Kier molecular flexibility index (Phi) is 4.37. The van der Waals surface area contributed by atoms with Crippen LogP contribution in [0, 0.1) is 0 Å². The SMILES string of the molecule is CCC1CCC(C)N1Cc1ccc(CNC2CC2)cn1. The first-order valence-corrected chi connectivity index (χ1v) is 8.19. The van der Waals surface area contributed by atoms with Crippen LogP contribution in [0.1, 0.15) is 57.2 Å². The summed E-state index contributed by atoms with van der Waals surface area (Å²) in [5.41, 5.74) is 2.52. The minimum Gasteiger partial charge on any atom is -0.310 e. The Morgan fingerprint density at radius 3 is 2.75 bits per heavy atom. The highest BCUT2D eigenvalue weighted by molar-refractivity contribution is 5.14. The Bertz CT molecular complexity index is 424. The Labute approximate surface area is 122 Å². The van der Waals surface area contributed by atoms with E-state index in [0.29, 0.717) is 6.04 Å². The summed E-state index contributed by atoms with van der Waals surface area (Å²) in [4.78, 5) is 7.29. The van der Waals surface area contributed by atoms with Crippen LogP contribution in [0.5, 0.6) is 0 Å². The van der Waals surface area contributed by atoms with Gasteiger partial charge in [-0.25, -0.2) is 0 Å². The number of nitrogens with one attached hydrogen (secondary N) is 1. The van der Waals surface area contributed by atoms with Crippen LogP contribution >= 0.6 is 0 Å². The largest absolute Gasteiger partial charge is 0.310 e. The van der Waals surface area contributed by atoms with E-state index in [-0.39, 0.29) is 0 Å². The minimum atomic E-state index is 0.706. The van der Waals surface area contributed by atoms with E-state index in [1.54, 1.807) is 0 Å². The van der Waals surface area contributed by atoms with E-state index in [1.165, 1.54) is 43.4 Å². The summed E-state index contributed by atoms with van der Waals surface area (Å²) in [5, 5.41) is 3.54. The summed E-state index contributed by atoms with van der Waals surface area (Å²) < 4.78 is 0. The average Bonchev–Trinajstić information content (AvgIpc) is 3.24. The Morgan fingerprint density at radius 2 is 2.10 bits per heavy atom. The summed E-state index contributed by atoms with van der Waals surface area (Å²) in [6.07, 6.45) is 8.68. The summed E-state index contributed by atoms with van der Waals surface area (Å²) >= 11 is 0. The fraction of sp³-hybridized carbons (Fsp3) is 0.706. The number of pyridine rings is 1. The third kappa shape index (κ3) is 3.39. The van der Waals surface area contributed by atoms with Crippen molar-refractivity contribution in [3.8, 4) is 0 Å². The van der Waals surface area contributed by atoms with Gasteiger partial charge in [0.1, 0.15) is 0 Å². The number of hydrogen-bond acceptors (Lipinski definition) is 3. The highest BCUT2D eigenvalue weighted by Crippen LogP contribution is 2.27. The predicted octanol–water partition coefficient (Wildman–Crippen LogP) is 3.10. The second kappa shape index (κ2) is 6.23. The fourth-order valence-corrected chi connectivity index (χ4v) is 3.24. The van der Waals surface area contributed by atoms with Gasteiger partial charge in [0, 0.05) is 37.4 Å². The molecule has 110 valence electrons. The number of rotatable bonds is 6. The van der Waals surface area contributed by atoms with Gasteiger partial charge < -0.3 is 5.32 Å². The van der Waals surface area contributed by atoms with Gasteiger partial charge in [0.2, 0.25) is 0 Å². The van der Waals surface area contributed by atoms with Crippen molar-refractivity contribution in [2.45, 2.75) is 77.2 Å². The molecular weight excluding hydrogens is 246 g/mol. The molecule has 1 saturated heterocycles. The Hall–Kier alpha value is -0.930.